The van der Waals surface area contributed by atoms with Crippen LogP contribution < -0.4 is 4.74 Å². The molecule has 7 aromatic carbocycles. The Morgan fingerprint density at radius 3 is 2.07 bits per heavy atom. The van der Waals surface area contributed by atoms with E-state index in [1.165, 1.54) is 49.8 Å². The lowest BCUT2D eigenvalue weighted by atomic mass is 9.88. The summed E-state index contributed by atoms with van der Waals surface area (Å²) >= 11 is 0. The summed E-state index contributed by atoms with van der Waals surface area (Å²) in [6.45, 7) is 15.7. The smallest absolute Gasteiger partial charge is 0.146 e. The number of pyridine rings is 1. The normalized spacial score (nSPS) is 12.1. The summed E-state index contributed by atoms with van der Waals surface area (Å²) in [6.07, 6.45) is 1.74. The number of aryl methyl sites for hydroxylation is 3. The highest BCUT2D eigenvalue weighted by atomic mass is 16.5. The molecule has 0 saturated carbocycles. The molecule has 6 heteroatoms. The molecule has 298 valence electrons. The summed E-state index contributed by atoms with van der Waals surface area (Å²) in [4.78, 5) is 10.6. The summed E-state index contributed by atoms with van der Waals surface area (Å²) in [6, 6.07) is 47.5. The van der Waals surface area contributed by atoms with Crippen LogP contribution in [0.25, 0.3) is 88.6 Å². The molecule has 0 amide bonds. The zero-order valence-corrected chi connectivity index (χ0v) is 35.5. The Labute approximate surface area is 354 Å². The Bertz CT molecular complexity index is 3520. The fourth-order valence-electron chi connectivity index (χ4n) is 9.39. The minimum absolute atomic E-state index is 0.270. The first-order chi connectivity index (χ1) is 29.6. The van der Waals surface area contributed by atoms with Crippen LogP contribution in [0.5, 0.6) is 11.5 Å². The number of ether oxygens (including phenoxy) is 1. The Morgan fingerprint density at radius 1 is 0.541 bits per heavy atom. The molecule has 0 bridgehead atoms. The van der Waals surface area contributed by atoms with E-state index < -0.39 is 0 Å². The molecule has 0 aliphatic rings. The lowest BCUT2D eigenvalue weighted by Crippen LogP contribution is -2.09. The van der Waals surface area contributed by atoms with Gasteiger partial charge in [0.1, 0.15) is 28.6 Å². The second-order valence-corrected chi connectivity index (χ2v) is 17.3. The predicted octanol–water partition coefficient (Wildman–Crippen LogP) is 15.2. The largest absolute Gasteiger partial charge is 0.464 e. The van der Waals surface area contributed by atoms with Crippen molar-refractivity contribution in [3.8, 4) is 39.7 Å². The average molecular weight is 795 g/mol. The number of furan rings is 1. The van der Waals surface area contributed by atoms with E-state index in [1.807, 2.05) is 18.2 Å². The van der Waals surface area contributed by atoms with Crippen molar-refractivity contribution in [3.63, 3.8) is 0 Å². The lowest BCUT2D eigenvalue weighted by Gasteiger charge is -2.24. The number of aromatic nitrogens is 4. The van der Waals surface area contributed by atoms with Crippen molar-refractivity contribution < 1.29 is 9.15 Å². The predicted molar refractivity (Wildman–Crippen MR) is 252 cm³/mol. The minimum Gasteiger partial charge on any atom is -0.464 e. The molecule has 0 atom stereocenters. The number of fused-ring (bicyclic) bond motifs is 10. The van der Waals surface area contributed by atoms with Crippen LogP contribution in [0, 0.1) is 20.8 Å². The van der Waals surface area contributed by atoms with Crippen LogP contribution in [-0.4, -0.2) is 18.9 Å². The zero-order valence-electron chi connectivity index (χ0n) is 35.5. The monoisotopic (exact) mass is 794 g/mol. The Kier molecular flexibility index (Phi) is 8.43. The van der Waals surface area contributed by atoms with Crippen molar-refractivity contribution >= 4 is 60.4 Å². The first-order valence-electron chi connectivity index (χ1n) is 21.3. The van der Waals surface area contributed by atoms with Gasteiger partial charge in [-0.3, -0.25) is 8.97 Å². The van der Waals surface area contributed by atoms with Crippen molar-refractivity contribution in [1.29, 1.82) is 0 Å². The molecule has 0 saturated heterocycles. The molecule has 0 N–H and O–H groups in total. The molecule has 0 radical (unpaired) electrons. The quantitative estimate of drug-likeness (QED) is 0.151. The molecule has 0 fully saturated rings. The Balaban J connectivity index is 1.08. The highest BCUT2D eigenvalue weighted by Gasteiger charge is 2.24. The van der Waals surface area contributed by atoms with Crippen molar-refractivity contribution in [2.24, 2.45) is 0 Å². The molecular weight excluding hydrogens is 749 g/mol. The molecule has 4 heterocycles. The highest BCUT2D eigenvalue weighted by molar-refractivity contribution is 6.16. The average Bonchev–Trinajstić information content (AvgIpc) is 3.99. The number of rotatable bonds is 7. The van der Waals surface area contributed by atoms with Crippen LogP contribution in [0.1, 0.15) is 67.3 Å². The molecule has 11 aromatic rings. The maximum absolute atomic E-state index is 6.88. The van der Waals surface area contributed by atoms with Crippen LogP contribution in [0.3, 0.4) is 0 Å². The first-order valence-corrected chi connectivity index (χ1v) is 21.3. The molecule has 0 unspecified atom stereocenters. The SMILES string of the molecule is Cc1cc2c3c(C)cc(Oc4cccc(-c5nc6ccccc6n5-c5c(C(C)C)cc(-c6ccccc6)cc5C(C)C)c4)cc3c3nc4cc5occc5cc4n3c2cc1C. The molecule has 6 nitrogen and oxygen atoms in total. The number of imidazole rings is 2. The van der Waals surface area contributed by atoms with Crippen LogP contribution in [0.15, 0.2) is 144 Å². The molecule has 0 aliphatic carbocycles. The number of hydrogen-bond acceptors (Lipinski definition) is 4. The fourth-order valence-corrected chi connectivity index (χ4v) is 9.39. The van der Waals surface area contributed by atoms with Gasteiger partial charge in [-0.05, 0) is 150 Å². The van der Waals surface area contributed by atoms with Gasteiger partial charge in [0, 0.05) is 27.8 Å². The molecule has 0 spiro atoms. The first kappa shape index (κ1) is 36.9. The van der Waals surface area contributed by atoms with Gasteiger partial charge in [0.2, 0.25) is 0 Å². The van der Waals surface area contributed by atoms with Crippen LogP contribution in [0.4, 0.5) is 0 Å². The van der Waals surface area contributed by atoms with Gasteiger partial charge in [0.25, 0.3) is 0 Å². The fraction of sp³-hybridized carbons (Fsp3) is 0.164. The van der Waals surface area contributed by atoms with Gasteiger partial charge in [-0.1, -0.05) is 82.3 Å². The van der Waals surface area contributed by atoms with E-state index in [2.05, 4.69) is 173 Å². The lowest BCUT2D eigenvalue weighted by molar-refractivity contribution is 0.483. The van der Waals surface area contributed by atoms with Crippen molar-refractivity contribution in [3.05, 3.63) is 168 Å². The van der Waals surface area contributed by atoms with Gasteiger partial charge in [0.05, 0.1) is 39.5 Å². The second-order valence-electron chi connectivity index (χ2n) is 17.3. The van der Waals surface area contributed by atoms with E-state index in [-0.39, 0.29) is 11.8 Å². The number of benzene rings is 7. The maximum Gasteiger partial charge on any atom is 0.146 e. The minimum atomic E-state index is 0.270. The van der Waals surface area contributed by atoms with E-state index in [9.17, 15) is 0 Å². The van der Waals surface area contributed by atoms with Crippen LogP contribution in [-0.2, 0) is 0 Å². The van der Waals surface area contributed by atoms with Gasteiger partial charge in [-0.25, -0.2) is 9.97 Å². The van der Waals surface area contributed by atoms with Crippen molar-refractivity contribution in [2.45, 2.75) is 60.3 Å². The molecular formula is C55H46N4O2. The molecule has 0 aliphatic heterocycles. The van der Waals surface area contributed by atoms with Crippen LogP contribution in [0.2, 0.25) is 0 Å². The Morgan fingerprint density at radius 2 is 1.28 bits per heavy atom. The summed E-state index contributed by atoms with van der Waals surface area (Å²) in [7, 11) is 0. The number of nitrogens with zero attached hydrogens (tertiary/aromatic N) is 4. The van der Waals surface area contributed by atoms with E-state index in [0.29, 0.717) is 0 Å². The van der Waals surface area contributed by atoms with Crippen LogP contribution >= 0.6 is 0 Å². The molecule has 11 rings (SSSR count). The van der Waals surface area contributed by atoms with E-state index in [1.54, 1.807) is 6.26 Å². The summed E-state index contributed by atoms with van der Waals surface area (Å²) in [5.41, 5.74) is 17.7. The summed E-state index contributed by atoms with van der Waals surface area (Å²) < 4.78 is 17.4. The number of hydrogen-bond donors (Lipinski definition) is 0. The summed E-state index contributed by atoms with van der Waals surface area (Å²) in [5, 5.41) is 4.47. The van der Waals surface area contributed by atoms with Gasteiger partial charge in [-0.2, -0.15) is 0 Å². The van der Waals surface area contributed by atoms with Gasteiger partial charge < -0.3 is 9.15 Å². The van der Waals surface area contributed by atoms with Crippen molar-refractivity contribution in [1.82, 2.24) is 18.9 Å². The third kappa shape index (κ3) is 5.92. The summed E-state index contributed by atoms with van der Waals surface area (Å²) in [5.74, 6) is 2.91. The highest BCUT2D eigenvalue weighted by Crippen LogP contribution is 2.42. The zero-order chi connectivity index (χ0) is 41.7. The number of para-hydroxylation sites is 2. The molecule has 61 heavy (non-hydrogen) atoms. The molecule has 4 aromatic heterocycles. The Hall–Kier alpha value is -7.18. The van der Waals surface area contributed by atoms with E-state index in [4.69, 9.17) is 19.1 Å². The van der Waals surface area contributed by atoms with Gasteiger partial charge >= 0.3 is 0 Å². The maximum atomic E-state index is 6.88. The van der Waals surface area contributed by atoms with E-state index >= 15 is 0 Å². The van der Waals surface area contributed by atoms with Crippen molar-refractivity contribution in [2.75, 3.05) is 0 Å². The van der Waals surface area contributed by atoms with Gasteiger partial charge in [0.15, 0.2) is 0 Å². The second kappa shape index (κ2) is 14.0. The van der Waals surface area contributed by atoms with Gasteiger partial charge in [-0.15, -0.1) is 0 Å². The van der Waals surface area contributed by atoms with E-state index in [0.717, 1.165) is 78.0 Å². The third-order valence-corrected chi connectivity index (χ3v) is 12.5. The standard InChI is InChI=1S/C55H46N4O2/c1-31(2)42-26-39(36-14-9-8-10-15-36)27-43(32(3)4)53(42)59-48-19-12-11-18-46(48)56-54(59)38-16-13-17-40(25-38)61-41-22-35(7)52-44-23-33(5)34(6)24-49(44)58-50-28-37-20-21-60-51(37)30-47(50)57-55(58)45(52)29-41/h8-32H,1-7H3. The third-order valence-electron chi connectivity index (χ3n) is 12.5. The topological polar surface area (TPSA) is 57.5 Å².